The first kappa shape index (κ1) is 17.4. The van der Waals surface area contributed by atoms with E-state index in [0.717, 1.165) is 0 Å². The van der Waals surface area contributed by atoms with E-state index in [9.17, 15) is 14.0 Å². The molecule has 7 heteroatoms. The minimum absolute atomic E-state index is 0.0184. The van der Waals surface area contributed by atoms with Crippen LogP contribution in [-0.2, 0) is 4.79 Å². The predicted octanol–water partition coefficient (Wildman–Crippen LogP) is 3.60. The molecule has 0 bridgehead atoms. The summed E-state index contributed by atoms with van der Waals surface area (Å²) in [6, 6.07) is 2.94. The SMILES string of the molecule is CC(C)(C)C(CC(=O)O)NC(=O)Nc1cc(Br)ccc1F. The summed E-state index contributed by atoms with van der Waals surface area (Å²) >= 11 is 3.19. The highest BCUT2D eigenvalue weighted by Crippen LogP contribution is 2.23. The van der Waals surface area contributed by atoms with Crippen molar-refractivity contribution in [2.75, 3.05) is 5.32 Å². The molecular weight excluding hydrogens is 343 g/mol. The average molecular weight is 361 g/mol. The van der Waals surface area contributed by atoms with Gasteiger partial charge in [-0.1, -0.05) is 36.7 Å². The minimum Gasteiger partial charge on any atom is -0.481 e. The molecule has 0 saturated carbocycles. The van der Waals surface area contributed by atoms with Crippen molar-refractivity contribution in [2.24, 2.45) is 5.41 Å². The molecule has 0 aliphatic heterocycles. The molecule has 1 aromatic carbocycles. The second-order valence-corrected chi connectivity index (χ2v) is 6.65. The third-order valence-electron chi connectivity index (χ3n) is 2.91. The molecule has 2 amide bonds. The number of nitrogens with one attached hydrogen (secondary N) is 2. The first-order chi connectivity index (χ1) is 9.59. The summed E-state index contributed by atoms with van der Waals surface area (Å²) in [5, 5.41) is 13.8. The third-order valence-corrected chi connectivity index (χ3v) is 3.40. The Morgan fingerprint density at radius 2 is 2.00 bits per heavy atom. The first-order valence-corrected chi connectivity index (χ1v) is 7.13. The number of carboxylic acids is 1. The van der Waals surface area contributed by atoms with Gasteiger partial charge in [0.25, 0.3) is 0 Å². The van der Waals surface area contributed by atoms with Gasteiger partial charge in [0.1, 0.15) is 5.82 Å². The Morgan fingerprint density at radius 3 is 2.52 bits per heavy atom. The fourth-order valence-corrected chi connectivity index (χ4v) is 2.02. The van der Waals surface area contributed by atoms with Crippen molar-refractivity contribution < 1.29 is 19.1 Å². The Balaban J connectivity index is 2.78. The maximum Gasteiger partial charge on any atom is 0.319 e. The van der Waals surface area contributed by atoms with Crippen LogP contribution in [0, 0.1) is 11.2 Å². The summed E-state index contributed by atoms with van der Waals surface area (Å²) in [5.74, 6) is -1.58. The lowest BCUT2D eigenvalue weighted by Crippen LogP contribution is -2.46. The number of anilines is 1. The van der Waals surface area contributed by atoms with Gasteiger partial charge in [-0.2, -0.15) is 0 Å². The van der Waals surface area contributed by atoms with Crippen molar-refractivity contribution >= 4 is 33.6 Å². The fourth-order valence-electron chi connectivity index (χ4n) is 1.66. The smallest absolute Gasteiger partial charge is 0.319 e. The Labute approximate surface area is 131 Å². The molecule has 0 fully saturated rings. The maximum absolute atomic E-state index is 13.6. The summed E-state index contributed by atoms with van der Waals surface area (Å²) in [7, 11) is 0. The number of rotatable bonds is 4. The molecule has 116 valence electrons. The molecule has 0 aromatic heterocycles. The van der Waals surface area contributed by atoms with Gasteiger partial charge >= 0.3 is 12.0 Å². The number of halogens is 2. The predicted molar refractivity (Wildman–Crippen MR) is 81.8 cm³/mol. The lowest BCUT2D eigenvalue weighted by Gasteiger charge is -2.30. The van der Waals surface area contributed by atoms with Crippen molar-refractivity contribution in [3.8, 4) is 0 Å². The van der Waals surface area contributed by atoms with E-state index >= 15 is 0 Å². The largest absolute Gasteiger partial charge is 0.481 e. The van der Waals surface area contributed by atoms with Gasteiger partial charge in [-0.25, -0.2) is 9.18 Å². The number of amides is 2. The fraction of sp³-hybridized carbons (Fsp3) is 0.429. The molecule has 0 saturated heterocycles. The number of carbonyl (C=O) groups is 2. The van der Waals surface area contributed by atoms with Gasteiger partial charge in [-0.05, 0) is 23.6 Å². The monoisotopic (exact) mass is 360 g/mol. The summed E-state index contributed by atoms with van der Waals surface area (Å²) in [5.41, 5.74) is -0.421. The van der Waals surface area contributed by atoms with Gasteiger partial charge in [-0.3, -0.25) is 4.79 Å². The normalized spacial score (nSPS) is 12.6. The van der Waals surface area contributed by atoms with Gasteiger partial charge in [0.05, 0.1) is 12.1 Å². The quantitative estimate of drug-likeness (QED) is 0.767. The van der Waals surface area contributed by atoms with Crippen molar-refractivity contribution in [3.05, 3.63) is 28.5 Å². The van der Waals surface area contributed by atoms with Gasteiger partial charge in [-0.15, -0.1) is 0 Å². The van der Waals surface area contributed by atoms with Crippen LogP contribution in [0.15, 0.2) is 22.7 Å². The number of carbonyl (C=O) groups excluding carboxylic acids is 1. The van der Waals surface area contributed by atoms with Gasteiger partial charge < -0.3 is 15.7 Å². The molecule has 3 N–H and O–H groups in total. The van der Waals surface area contributed by atoms with Crippen LogP contribution in [-0.4, -0.2) is 23.1 Å². The molecule has 1 aromatic rings. The van der Waals surface area contributed by atoms with Crippen LogP contribution < -0.4 is 10.6 Å². The number of carboxylic acid groups (broad SMARTS) is 1. The zero-order valence-corrected chi connectivity index (χ0v) is 13.6. The molecule has 0 radical (unpaired) electrons. The highest BCUT2D eigenvalue weighted by Gasteiger charge is 2.28. The Morgan fingerprint density at radius 1 is 1.38 bits per heavy atom. The van der Waals surface area contributed by atoms with E-state index in [1.54, 1.807) is 0 Å². The zero-order chi connectivity index (χ0) is 16.2. The lowest BCUT2D eigenvalue weighted by atomic mass is 9.85. The Bertz CT molecular complexity index is 544. The van der Waals surface area contributed by atoms with Gasteiger partial charge in [0.15, 0.2) is 0 Å². The molecule has 1 rings (SSSR count). The van der Waals surface area contributed by atoms with Crippen LogP contribution in [0.5, 0.6) is 0 Å². The van der Waals surface area contributed by atoms with E-state index < -0.39 is 29.3 Å². The number of urea groups is 1. The van der Waals surface area contributed by atoms with Crippen LogP contribution in [0.2, 0.25) is 0 Å². The molecule has 0 aliphatic carbocycles. The second-order valence-electron chi connectivity index (χ2n) is 5.74. The van der Waals surface area contributed by atoms with E-state index in [1.165, 1.54) is 18.2 Å². The van der Waals surface area contributed by atoms with Crippen LogP contribution in [0.1, 0.15) is 27.2 Å². The number of hydrogen-bond acceptors (Lipinski definition) is 2. The first-order valence-electron chi connectivity index (χ1n) is 6.34. The lowest BCUT2D eigenvalue weighted by molar-refractivity contribution is -0.138. The van der Waals surface area contributed by atoms with Crippen LogP contribution in [0.4, 0.5) is 14.9 Å². The topological polar surface area (TPSA) is 78.4 Å². The van der Waals surface area contributed by atoms with Crippen molar-refractivity contribution in [3.63, 3.8) is 0 Å². The van der Waals surface area contributed by atoms with Crippen LogP contribution in [0.25, 0.3) is 0 Å². The molecular formula is C14H18BrFN2O3. The third kappa shape index (κ3) is 5.71. The maximum atomic E-state index is 13.6. The van der Waals surface area contributed by atoms with Crippen molar-refractivity contribution in [1.29, 1.82) is 0 Å². The second kappa shape index (κ2) is 6.89. The average Bonchev–Trinajstić information content (AvgIpc) is 2.31. The van der Waals surface area contributed by atoms with E-state index in [4.69, 9.17) is 5.11 Å². The summed E-state index contributed by atoms with van der Waals surface area (Å²) in [6.07, 6.45) is -0.210. The van der Waals surface area contributed by atoms with E-state index in [1.807, 2.05) is 20.8 Å². The summed E-state index contributed by atoms with van der Waals surface area (Å²) in [6.45, 7) is 5.46. The molecule has 1 atom stereocenters. The Kier molecular flexibility index (Phi) is 5.71. The molecule has 0 aliphatic rings. The molecule has 0 heterocycles. The molecule has 21 heavy (non-hydrogen) atoms. The minimum atomic E-state index is -1.01. The number of aliphatic carboxylic acids is 1. The highest BCUT2D eigenvalue weighted by molar-refractivity contribution is 9.10. The number of hydrogen-bond donors (Lipinski definition) is 3. The van der Waals surface area contributed by atoms with Crippen molar-refractivity contribution in [1.82, 2.24) is 5.32 Å². The Hall–Kier alpha value is -1.63. The zero-order valence-electron chi connectivity index (χ0n) is 12.0. The van der Waals surface area contributed by atoms with Crippen LogP contribution >= 0.6 is 15.9 Å². The summed E-state index contributed by atoms with van der Waals surface area (Å²) < 4.78 is 14.2. The van der Waals surface area contributed by atoms with Crippen molar-refractivity contribution in [2.45, 2.75) is 33.2 Å². The molecule has 0 spiro atoms. The molecule has 5 nitrogen and oxygen atoms in total. The standard InChI is InChI=1S/C14H18BrFN2O3/c1-14(2,3)11(7-12(19)20)18-13(21)17-10-6-8(15)4-5-9(10)16/h4-6,11H,7H2,1-3H3,(H,19,20)(H2,17,18,21). The molecule has 1 unspecified atom stereocenters. The van der Waals surface area contributed by atoms with E-state index in [-0.39, 0.29) is 12.1 Å². The van der Waals surface area contributed by atoms with Gasteiger partial charge in [0, 0.05) is 10.5 Å². The van der Waals surface area contributed by atoms with E-state index in [0.29, 0.717) is 4.47 Å². The number of benzene rings is 1. The highest BCUT2D eigenvalue weighted by atomic mass is 79.9. The van der Waals surface area contributed by atoms with Crippen LogP contribution in [0.3, 0.4) is 0 Å². The summed E-state index contributed by atoms with van der Waals surface area (Å²) in [4.78, 5) is 22.8. The van der Waals surface area contributed by atoms with E-state index in [2.05, 4.69) is 26.6 Å². The van der Waals surface area contributed by atoms with Gasteiger partial charge in [0.2, 0.25) is 0 Å².